The number of rotatable bonds is 9. The fourth-order valence-electron chi connectivity index (χ4n) is 3.14. The molecule has 120 valence electrons. The lowest BCUT2D eigenvalue weighted by molar-refractivity contribution is 0.0697. The fraction of sp³-hybridized carbons (Fsp3) is 0.647. The number of hydrazine groups is 1. The summed E-state index contributed by atoms with van der Waals surface area (Å²) in [6, 6.07) is 8.28. The predicted molar refractivity (Wildman–Crippen MR) is 89.3 cm³/mol. The van der Waals surface area contributed by atoms with E-state index in [2.05, 4.69) is 50.2 Å². The maximum absolute atomic E-state index is 5.92. The van der Waals surface area contributed by atoms with Gasteiger partial charge in [0.15, 0.2) is 0 Å². The summed E-state index contributed by atoms with van der Waals surface area (Å²) in [4.78, 5) is 2.46. The number of hydrogen-bond donors (Lipinski definition) is 2. The predicted octanol–water partition coefficient (Wildman–Crippen LogP) is 3.10. The molecule has 4 nitrogen and oxygen atoms in total. The first-order valence-corrected chi connectivity index (χ1v) is 8.01. The molecule has 0 fully saturated rings. The average molecular weight is 293 g/mol. The highest BCUT2D eigenvalue weighted by Crippen LogP contribution is 2.34. The van der Waals surface area contributed by atoms with Crippen LogP contribution in [0.1, 0.15) is 52.6 Å². The summed E-state index contributed by atoms with van der Waals surface area (Å²) in [5.41, 5.74) is 4.16. The Labute approximate surface area is 129 Å². The minimum atomic E-state index is -0.0386. The van der Waals surface area contributed by atoms with Gasteiger partial charge in [0, 0.05) is 5.54 Å². The Morgan fingerprint density at radius 2 is 1.90 bits per heavy atom. The van der Waals surface area contributed by atoms with Crippen LogP contribution in [0.4, 0.5) is 0 Å². The Morgan fingerprint density at radius 3 is 2.38 bits per heavy atom. The summed E-state index contributed by atoms with van der Waals surface area (Å²) >= 11 is 0. The quantitative estimate of drug-likeness (QED) is 0.542. The molecule has 0 saturated carbocycles. The zero-order valence-electron chi connectivity index (χ0n) is 14.1. The lowest BCUT2D eigenvalue weighted by atomic mass is 9.83. The lowest BCUT2D eigenvalue weighted by Gasteiger charge is -2.45. The number of likely N-dealkylation sites (N-methyl/N-ethyl adjacent to an activating group) is 1. The number of nitrogens with one attached hydrogen (secondary N) is 1. The third-order valence-electron chi connectivity index (χ3n) is 4.49. The highest BCUT2D eigenvalue weighted by molar-refractivity contribution is 5.32. The average Bonchev–Trinajstić information content (AvgIpc) is 2.50. The van der Waals surface area contributed by atoms with Gasteiger partial charge in [-0.25, -0.2) is 0 Å². The van der Waals surface area contributed by atoms with Gasteiger partial charge >= 0.3 is 0 Å². The van der Waals surface area contributed by atoms with Gasteiger partial charge in [0.25, 0.3) is 0 Å². The smallest absolute Gasteiger partial charge is 0.119 e. The van der Waals surface area contributed by atoms with E-state index in [1.807, 2.05) is 19.1 Å². The molecule has 1 aromatic rings. The standard InChI is InChI=1S/C17H31N3O/c1-6-17(5,20(7-2)8-3)16(19-18)14-11-10-12-15(13-14)21-9-4/h10-13,16,19H,6-9,18H2,1-5H3. The normalized spacial score (nSPS) is 15.8. The summed E-state index contributed by atoms with van der Waals surface area (Å²) in [6.45, 7) is 13.6. The second kappa shape index (κ2) is 8.37. The lowest BCUT2D eigenvalue weighted by Crippen LogP contribution is -2.55. The van der Waals surface area contributed by atoms with Crippen molar-refractivity contribution >= 4 is 0 Å². The van der Waals surface area contributed by atoms with Gasteiger partial charge in [0.2, 0.25) is 0 Å². The number of hydrogen-bond acceptors (Lipinski definition) is 4. The van der Waals surface area contributed by atoms with E-state index in [1.165, 1.54) is 5.56 Å². The molecule has 0 aliphatic carbocycles. The van der Waals surface area contributed by atoms with Gasteiger partial charge in [-0.2, -0.15) is 0 Å². The van der Waals surface area contributed by atoms with E-state index in [0.29, 0.717) is 6.61 Å². The molecule has 0 radical (unpaired) electrons. The molecule has 0 amide bonds. The molecule has 0 aliphatic heterocycles. The molecule has 4 heteroatoms. The zero-order valence-corrected chi connectivity index (χ0v) is 14.1. The number of ether oxygens (including phenoxy) is 1. The summed E-state index contributed by atoms with van der Waals surface area (Å²) in [6.07, 6.45) is 1.02. The van der Waals surface area contributed by atoms with E-state index in [4.69, 9.17) is 10.6 Å². The van der Waals surface area contributed by atoms with Crippen LogP contribution in [0.25, 0.3) is 0 Å². The third-order valence-corrected chi connectivity index (χ3v) is 4.49. The Hall–Kier alpha value is -1.10. The maximum atomic E-state index is 5.92. The first kappa shape index (κ1) is 18.0. The molecule has 1 rings (SSSR count). The van der Waals surface area contributed by atoms with Crippen molar-refractivity contribution in [1.82, 2.24) is 10.3 Å². The van der Waals surface area contributed by atoms with Crippen molar-refractivity contribution in [1.29, 1.82) is 0 Å². The monoisotopic (exact) mass is 293 g/mol. The van der Waals surface area contributed by atoms with Crippen LogP contribution in [-0.4, -0.2) is 30.1 Å². The van der Waals surface area contributed by atoms with E-state index < -0.39 is 0 Å². The van der Waals surface area contributed by atoms with Crippen LogP contribution in [-0.2, 0) is 0 Å². The van der Waals surface area contributed by atoms with Crippen molar-refractivity contribution in [2.24, 2.45) is 5.84 Å². The van der Waals surface area contributed by atoms with Gasteiger partial charge < -0.3 is 4.74 Å². The van der Waals surface area contributed by atoms with Crippen LogP contribution < -0.4 is 16.0 Å². The SMILES string of the molecule is CCOc1cccc(C(NN)C(C)(CC)N(CC)CC)c1. The van der Waals surface area contributed by atoms with Crippen LogP contribution in [0.5, 0.6) is 5.75 Å². The third kappa shape index (κ3) is 3.96. The minimum Gasteiger partial charge on any atom is -0.494 e. The van der Waals surface area contributed by atoms with Gasteiger partial charge in [0.1, 0.15) is 5.75 Å². The Bertz CT molecular complexity index is 420. The van der Waals surface area contributed by atoms with Crippen molar-refractivity contribution in [3.05, 3.63) is 29.8 Å². The molecule has 2 atom stereocenters. The fourth-order valence-corrected chi connectivity index (χ4v) is 3.14. The van der Waals surface area contributed by atoms with Crippen LogP contribution in [0, 0.1) is 0 Å². The molecule has 0 spiro atoms. The van der Waals surface area contributed by atoms with Crippen LogP contribution in [0.15, 0.2) is 24.3 Å². The molecule has 0 saturated heterocycles. The van der Waals surface area contributed by atoms with E-state index in [1.54, 1.807) is 0 Å². The second-order valence-electron chi connectivity index (χ2n) is 5.49. The Balaban J connectivity index is 3.17. The number of benzene rings is 1. The molecule has 0 bridgehead atoms. The molecule has 0 aliphatic rings. The van der Waals surface area contributed by atoms with Crippen LogP contribution in [0.3, 0.4) is 0 Å². The first-order chi connectivity index (χ1) is 10.1. The molecular formula is C17H31N3O. The number of nitrogens with zero attached hydrogens (tertiary/aromatic N) is 1. The maximum Gasteiger partial charge on any atom is 0.119 e. The Morgan fingerprint density at radius 1 is 1.24 bits per heavy atom. The van der Waals surface area contributed by atoms with Crippen LogP contribution >= 0.6 is 0 Å². The molecule has 2 unspecified atom stereocenters. The molecule has 0 aromatic heterocycles. The highest BCUT2D eigenvalue weighted by Gasteiger charge is 2.37. The van der Waals surface area contributed by atoms with Crippen molar-refractivity contribution in [2.45, 2.75) is 52.6 Å². The molecule has 3 N–H and O–H groups in total. The zero-order chi connectivity index (χ0) is 15.9. The Kier molecular flexibility index (Phi) is 7.15. The topological polar surface area (TPSA) is 50.5 Å². The summed E-state index contributed by atoms with van der Waals surface area (Å²) < 4.78 is 5.62. The summed E-state index contributed by atoms with van der Waals surface area (Å²) in [7, 11) is 0. The minimum absolute atomic E-state index is 0.0386. The van der Waals surface area contributed by atoms with E-state index >= 15 is 0 Å². The van der Waals surface area contributed by atoms with Gasteiger partial charge in [-0.3, -0.25) is 16.2 Å². The molecule has 0 heterocycles. The van der Waals surface area contributed by atoms with Crippen molar-refractivity contribution in [2.75, 3.05) is 19.7 Å². The summed E-state index contributed by atoms with van der Waals surface area (Å²) in [5, 5.41) is 0. The molecule has 1 aromatic carbocycles. The number of nitrogens with two attached hydrogens (primary N) is 1. The van der Waals surface area contributed by atoms with Crippen LogP contribution in [0.2, 0.25) is 0 Å². The van der Waals surface area contributed by atoms with E-state index in [0.717, 1.165) is 25.3 Å². The van der Waals surface area contributed by atoms with Gasteiger partial charge in [-0.1, -0.05) is 32.9 Å². The summed E-state index contributed by atoms with van der Waals surface area (Å²) in [5.74, 6) is 6.82. The van der Waals surface area contributed by atoms with Crippen molar-refractivity contribution in [3.8, 4) is 5.75 Å². The van der Waals surface area contributed by atoms with E-state index in [-0.39, 0.29) is 11.6 Å². The molecular weight excluding hydrogens is 262 g/mol. The van der Waals surface area contributed by atoms with Gasteiger partial charge in [0.05, 0.1) is 12.6 Å². The van der Waals surface area contributed by atoms with Crippen molar-refractivity contribution in [3.63, 3.8) is 0 Å². The highest BCUT2D eigenvalue weighted by atomic mass is 16.5. The second-order valence-corrected chi connectivity index (χ2v) is 5.49. The van der Waals surface area contributed by atoms with Crippen molar-refractivity contribution < 1.29 is 4.74 Å². The van der Waals surface area contributed by atoms with Gasteiger partial charge in [-0.15, -0.1) is 0 Å². The molecule has 21 heavy (non-hydrogen) atoms. The first-order valence-electron chi connectivity index (χ1n) is 8.01. The van der Waals surface area contributed by atoms with Gasteiger partial charge in [-0.05, 0) is 51.1 Å². The van der Waals surface area contributed by atoms with E-state index in [9.17, 15) is 0 Å². The largest absolute Gasteiger partial charge is 0.494 e.